The Morgan fingerprint density at radius 1 is 1.08 bits per heavy atom. The molecule has 0 nitrogen and oxygen atoms in total. The lowest BCUT2D eigenvalue weighted by Gasteiger charge is -2.22. The molecular weight excluding hydrogens is 156 g/mol. The lowest BCUT2D eigenvalue weighted by Crippen LogP contribution is -2.14. The second kappa shape index (κ2) is 7.17. The Kier molecular flexibility index (Phi) is 7.03. The highest BCUT2D eigenvalue weighted by Gasteiger charge is 2.14. The maximum Gasteiger partial charge on any atom is -0.0234 e. The van der Waals surface area contributed by atoms with Crippen molar-refractivity contribution in [1.82, 2.24) is 0 Å². The Balaban J connectivity index is 3.87. The highest BCUT2D eigenvalue weighted by Crippen LogP contribution is 2.23. The third-order valence-corrected chi connectivity index (χ3v) is 3.27. The lowest BCUT2D eigenvalue weighted by molar-refractivity contribution is 0.312. The molecule has 3 atom stereocenters. The van der Waals surface area contributed by atoms with E-state index >= 15 is 0 Å². The van der Waals surface area contributed by atoms with Crippen molar-refractivity contribution >= 4 is 0 Å². The van der Waals surface area contributed by atoms with Gasteiger partial charge in [0, 0.05) is 0 Å². The molecule has 0 heteroatoms. The molecule has 0 aliphatic carbocycles. The molecule has 0 rings (SSSR count). The van der Waals surface area contributed by atoms with E-state index in [1.807, 2.05) is 0 Å². The van der Waals surface area contributed by atoms with E-state index in [-0.39, 0.29) is 0 Å². The summed E-state index contributed by atoms with van der Waals surface area (Å²) in [5.41, 5.74) is 0. The van der Waals surface area contributed by atoms with Crippen LogP contribution in [0.15, 0.2) is 12.2 Å². The second-order valence-electron chi connectivity index (χ2n) is 4.32. The van der Waals surface area contributed by atoms with Gasteiger partial charge < -0.3 is 0 Å². The third kappa shape index (κ3) is 5.13. The molecule has 0 aromatic heterocycles. The average Bonchev–Trinajstić information content (AvgIpc) is 2.15. The standard InChI is InChI=1S/C13H26/c1-6-8-9-10-12(4)13(5)11(3)7-2/h9-13H,6-8H2,1-5H3. The van der Waals surface area contributed by atoms with Crippen LogP contribution < -0.4 is 0 Å². The molecule has 0 bridgehead atoms. The minimum Gasteiger partial charge on any atom is -0.0883 e. The monoisotopic (exact) mass is 182 g/mol. The molecule has 0 heterocycles. The summed E-state index contributed by atoms with van der Waals surface area (Å²) in [5.74, 6) is 2.40. The van der Waals surface area contributed by atoms with Crippen LogP contribution in [0.25, 0.3) is 0 Å². The normalized spacial score (nSPS) is 18.8. The maximum absolute atomic E-state index is 2.39. The first-order valence-corrected chi connectivity index (χ1v) is 5.80. The van der Waals surface area contributed by atoms with Crippen molar-refractivity contribution in [1.29, 1.82) is 0 Å². The molecule has 3 unspecified atom stereocenters. The molecular formula is C13H26. The van der Waals surface area contributed by atoms with Crippen LogP contribution in [-0.4, -0.2) is 0 Å². The quantitative estimate of drug-likeness (QED) is 0.524. The molecule has 0 aliphatic rings. The Morgan fingerprint density at radius 2 is 1.69 bits per heavy atom. The average molecular weight is 182 g/mol. The van der Waals surface area contributed by atoms with Gasteiger partial charge in [0.15, 0.2) is 0 Å². The summed E-state index contributed by atoms with van der Waals surface area (Å²) in [7, 11) is 0. The number of allylic oxidation sites excluding steroid dienone is 2. The summed E-state index contributed by atoms with van der Waals surface area (Å²) in [6.07, 6.45) is 8.52. The second-order valence-corrected chi connectivity index (χ2v) is 4.32. The van der Waals surface area contributed by atoms with Gasteiger partial charge in [-0.05, 0) is 24.2 Å². The van der Waals surface area contributed by atoms with E-state index in [2.05, 4.69) is 46.8 Å². The molecule has 0 amide bonds. The van der Waals surface area contributed by atoms with Crippen molar-refractivity contribution in [3.05, 3.63) is 12.2 Å². The Labute approximate surface area is 84.4 Å². The van der Waals surface area contributed by atoms with Crippen molar-refractivity contribution in [2.75, 3.05) is 0 Å². The van der Waals surface area contributed by atoms with Gasteiger partial charge in [0.05, 0.1) is 0 Å². The van der Waals surface area contributed by atoms with Crippen LogP contribution in [0.3, 0.4) is 0 Å². The van der Waals surface area contributed by atoms with Crippen molar-refractivity contribution in [2.45, 2.75) is 53.9 Å². The first kappa shape index (κ1) is 12.7. The van der Waals surface area contributed by atoms with Crippen molar-refractivity contribution in [3.63, 3.8) is 0 Å². The molecule has 0 aliphatic heterocycles. The van der Waals surface area contributed by atoms with Crippen molar-refractivity contribution in [2.24, 2.45) is 17.8 Å². The number of hydrogen-bond acceptors (Lipinski definition) is 0. The zero-order valence-corrected chi connectivity index (χ0v) is 10.0. The first-order chi connectivity index (χ1) is 6.13. The first-order valence-electron chi connectivity index (χ1n) is 5.80. The van der Waals surface area contributed by atoms with Gasteiger partial charge in [0.2, 0.25) is 0 Å². The smallest absolute Gasteiger partial charge is 0.0234 e. The zero-order chi connectivity index (χ0) is 10.3. The van der Waals surface area contributed by atoms with Crippen molar-refractivity contribution < 1.29 is 0 Å². The Morgan fingerprint density at radius 3 is 2.15 bits per heavy atom. The third-order valence-electron chi connectivity index (χ3n) is 3.27. The summed E-state index contributed by atoms with van der Waals surface area (Å²) >= 11 is 0. The lowest BCUT2D eigenvalue weighted by atomic mass is 9.83. The molecule has 13 heavy (non-hydrogen) atoms. The van der Waals surface area contributed by atoms with E-state index in [9.17, 15) is 0 Å². The molecule has 0 aromatic rings. The van der Waals surface area contributed by atoms with Crippen LogP contribution in [-0.2, 0) is 0 Å². The fraction of sp³-hybridized carbons (Fsp3) is 0.846. The van der Waals surface area contributed by atoms with E-state index in [4.69, 9.17) is 0 Å². The van der Waals surface area contributed by atoms with Gasteiger partial charge in [-0.25, -0.2) is 0 Å². The van der Waals surface area contributed by atoms with E-state index in [1.54, 1.807) is 0 Å². The summed E-state index contributed by atoms with van der Waals surface area (Å²) in [4.78, 5) is 0. The van der Waals surface area contributed by atoms with Gasteiger partial charge in [0.1, 0.15) is 0 Å². The van der Waals surface area contributed by atoms with E-state index in [0.29, 0.717) is 0 Å². The fourth-order valence-corrected chi connectivity index (χ4v) is 1.54. The maximum atomic E-state index is 2.39. The highest BCUT2D eigenvalue weighted by atomic mass is 14.2. The molecule has 0 saturated heterocycles. The summed E-state index contributed by atoms with van der Waals surface area (Å²) in [6.45, 7) is 11.6. The SMILES string of the molecule is CCCC=CC(C)C(C)C(C)CC. The Bertz CT molecular complexity index is 135. The predicted octanol–water partition coefficient (Wildman–Crippen LogP) is 4.66. The van der Waals surface area contributed by atoms with Crippen LogP contribution in [0.1, 0.15) is 53.9 Å². The number of hydrogen-bond donors (Lipinski definition) is 0. The van der Waals surface area contributed by atoms with E-state index < -0.39 is 0 Å². The van der Waals surface area contributed by atoms with E-state index in [1.165, 1.54) is 19.3 Å². The number of rotatable bonds is 6. The van der Waals surface area contributed by atoms with Gasteiger partial charge in [-0.2, -0.15) is 0 Å². The van der Waals surface area contributed by atoms with Gasteiger partial charge in [0.25, 0.3) is 0 Å². The molecule has 0 fully saturated rings. The molecule has 78 valence electrons. The summed E-state index contributed by atoms with van der Waals surface area (Å²) in [5, 5.41) is 0. The minimum absolute atomic E-state index is 0.737. The van der Waals surface area contributed by atoms with Crippen LogP contribution in [0.2, 0.25) is 0 Å². The predicted molar refractivity (Wildman–Crippen MR) is 61.8 cm³/mol. The minimum atomic E-state index is 0.737. The highest BCUT2D eigenvalue weighted by molar-refractivity contribution is 4.89. The Hall–Kier alpha value is -0.260. The largest absolute Gasteiger partial charge is 0.0883 e. The summed E-state index contributed by atoms with van der Waals surface area (Å²) in [6, 6.07) is 0. The zero-order valence-electron chi connectivity index (χ0n) is 10.0. The van der Waals surface area contributed by atoms with Crippen LogP contribution in [0.4, 0.5) is 0 Å². The topological polar surface area (TPSA) is 0 Å². The molecule has 0 spiro atoms. The van der Waals surface area contributed by atoms with Gasteiger partial charge in [-0.1, -0.05) is 59.6 Å². The summed E-state index contributed by atoms with van der Waals surface area (Å²) < 4.78 is 0. The van der Waals surface area contributed by atoms with Crippen LogP contribution >= 0.6 is 0 Å². The fourth-order valence-electron chi connectivity index (χ4n) is 1.54. The van der Waals surface area contributed by atoms with Gasteiger partial charge in [-0.15, -0.1) is 0 Å². The van der Waals surface area contributed by atoms with Crippen LogP contribution in [0, 0.1) is 17.8 Å². The van der Waals surface area contributed by atoms with Gasteiger partial charge >= 0.3 is 0 Å². The molecule has 0 N–H and O–H groups in total. The number of unbranched alkanes of at least 4 members (excludes halogenated alkanes) is 1. The van der Waals surface area contributed by atoms with Crippen molar-refractivity contribution in [3.8, 4) is 0 Å². The van der Waals surface area contributed by atoms with E-state index in [0.717, 1.165) is 17.8 Å². The molecule has 0 aromatic carbocycles. The molecule has 0 saturated carbocycles. The van der Waals surface area contributed by atoms with Gasteiger partial charge in [-0.3, -0.25) is 0 Å². The molecule has 0 radical (unpaired) electrons. The van der Waals surface area contributed by atoms with Crippen LogP contribution in [0.5, 0.6) is 0 Å².